The van der Waals surface area contributed by atoms with E-state index in [0.717, 1.165) is 10.5 Å². The van der Waals surface area contributed by atoms with Crippen LogP contribution in [-0.4, -0.2) is 29.4 Å². The quantitative estimate of drug-likeness (QED) is 0.649. The van der Waals surface area contributed by atoms with E-state index in [9.17, 15) is 18.8 Å². The third-order valence-corrected chi connectivity index (χ3v) is 4.48. The van der Waals surface area contributed by atoms with Gasteiger partial charge in [-0.05, 0) is 37.1 Å². The van der Waals surface area contributed by atoms with Crippen LogP contribution in [0, 0.1) is 12.7 Å². The normalized spacial score (nSPS) is 19.1. The van der Waals surface area contributed by atoms with Gasteiger partial charge in [0, 0.05) is 0 Å². The number of halogens is 1. The van der Waals surface area contributed by atoms with Crippen molar-refractivity contribution in [3.63, 3.8) is 0 Å². The largest absolute Gasteiger partial charge is 0.459 e. The summed E-state index contributed by atoms with van der Waals surface area (Å²) < 4.78 is 18.2. The number of carbonyl (C=O) groups excluding carboxylic acids is 3. The molecule has 0 radical (unpaired) electrons. The summed E-state index contributed by atoms with van der Waals surface area (Å²) in [4.78, 5) is 37.9. The van der Waals surface area contributed by atoms with E-state index in [2.05, 4.69) is 5.32 Å². The molecule has 1 N–H and O–H groups in total. The minimum atomic E-state index is -1.24. The zero-order valence-corrected chi connectivity index (χ0v) is 15.0. The highest BCUT2D eigenvalue weighted by Gasteiger charge is 2.49. The second kappa shape index (κ2) is 7.19. The van der Waals surface area contributed by atoms with Crippen molar-refractivity contribution in [2.24, 2.45) is 0 Å². The lowest BCUT2D eigenvalue weighted by Crippen LogP contribution is -2.41. The standard InChI is InChI=1S/C20H19FN2O4/c1-13-6-8-15(9-7-13)20(2)18(25)23(19(26)22-20)11-17(24)27-12-14-4-3-5-16(21)10-14/h3-10H,11-12H2,1-2H3,(H,22,26)/t20-/m0/s1. The van der Waals surface area contributed by atoms with Crippen molar-refractivity contribution in [3.05, 3.63) is 71.0 Å². The monoisotopic (exact) mass is 370 g/mol. The van der Waals surface area contributed by atoms with Crippen LogP contribution >= 0.6 is 0 Å². The Bertz CT molecular complexity index is 897. The molecule has 1 fully saturated rings. The Morgan fingerprint density at radius 2 is 1.89 bits per heavy atom. The zero-order chi connectivity index (χ0) is 19.6. The summed E-state index contributed by atoms with van der Waals surface area (Å²) in [5, 5.41) is 2.63. The van der Waals surface area contributed by atoms with Gasteiger partial charge >= 0.3 is 12.0 Å². The minimum absolute atomic E-state index is 0.143. The number of esters is 1. The Balaban J connectivity index is 1.66. The Labute approximate surface area is 155 Å². The fraction of sp³-hybridized carbons (Fsp3) is 0.250. The van der Waals surface area contributed by atoms with Gasteiger partial charge in [0.25, 0.3) is 5.91 Å². The van der Waals surface area contributed by atoms with Gasteiger partial charge in [0.15, 0.2) is 0 Å². The molecule has 140 valence electrons. The average molecular weight is 370 g/mol. The molecular weight excluding hydrogens is 351 g/mol. The molecule has 2 aromatic carbocycles. The van der Waals surface area contributed by atoms with E-state index < -0.39 is 35.8 Å². The molecule has 2 aromatic rings. The second-order valence-electron chi connectivity index (χ2n) is 6.60. The Kier molecular flexibility index (Phi) is 4.94. The fourth-order valence-corrected chi connectivity index (χ4v) is 2.89. The number of hydrogen-bond donors (Lipinski definition) is 1. The first-order valence-corrected chi connectivity index (χ1v) is 8.41. The average Bonchev–Trinajstić information content (AvgIpc) is 2.85. The fourth-order valence-electron chi connectivity index (χ4n) is 2.89. The first kappa shape index (κ1) is 18.6. The maximum absolute atomic E-state index is 13.1. The van der Waals surface area contributed by atoms with E-state index >= 15 is 0 Å². The summed E-state index contributed by atoms with van der Waals surface area (Å²) in [7, 11) is 0. The van der Waals surface area contributed by atoms with Gasteiger partial charge < -0.3 is 10.1 Å². The molecule has 0 bridgehead atoms. The molecule has 3 amide bonds. The Morgan fingerprint density at radius 1 is 1.19 bits per heavy atom. The molecule has 27 heavy (non-hydrogen) atoms. The number of rotatable bonds is 5. The van der Waals surface area contributed by atoms with Crippen LogP contribution in [0.1, 0.15) is 23.6 Å². The van der Waals surface area contributed by atoms with Crippen molar-refractivity contribution in [3.8, 4) is 0 Å². The molecule has 1 saturated heterocycles. The molecule has 0 unspecified atom stereocenters. The van der Waals surface area contributed by atoms with Gasteiger partial charge in [-0.15, -0.1) is 0 Å². The number of nitrogens with zero attached hydrogens (tertiary/aromatic N) is 1. The van der Waals surface area contributed by atoms with E-state index in [4.69, 9.17) is 4.74 Å². The molecule has 3 rings (SSSR count). The maximum atomic E-state index is 13.1. The van der Waals surface area contributed by atoms with Crippen LogP contribution in [-0.2, 0) is 26.5 Å². The summed E-state index contributed by atoms with van der Waals surface area (Å²) in [6, 6.07) is 12.2. The molecule has 0 spiro atoms. The van der Waals surface area contributed by atoms with Crippen molar-refractivity contribution in [2.45, 2.75) is 26.0 Å². The molecule has 0 saturated carbocycles. The SMILES string of the molecule is Cc1ccc([C@]2(C)NC(=O)N(CC(=O)OCc3cccc(F)c3)C2=O)cc1. The third kappa shape index (κ3) is 3.81. The van der Waals surface area contributed by atoms with Crippen LogP contribution in [0.3, 0.4) is 0 Å². The van der Waals surface area contributed by atoms with Crippen LogP contribution in [0.2, 0.25) is 0 Å². The maximum Gasteiger partial charge on any atom is 0.326 e. The smallest absolute Gasteiger partial charge is 0.326 e. The summed E-state index contributed by atoms with van der Waals surface area (Å²) >= 11 is 0. The molecule has 1 atom stereocenters. The van der Waals surface area contributed by atoms with Crippen molar-refractivity contribution >= 4 is 17.9 Å². The molecule has 1 heterocycles. The lowest BCUT2D eigenvalue weighted by Gasteiger charge is -2.22. The highest BCUT2D eigenvalue weighted by molar-refractivity contribution is 6.08. The molecular formula is C20H19FN2O4. The second-order valence-corrected chi connectivity index (χ2v) is 6.60. The summed E-state index contributed by atoms with van der Waals surface area (Å²) in [6.45, 7) is 2.86. The van der Waals surface area contributed by atoms with Gasteiger partial charge in [0.1, 0.15) is 24.5 Å². The van der Waals surface area contributed by atoms with Gasteiger partial charge in [-0.1, -0.05) is 42.0 Å². The van der Waals surface area contributed by atoms with E-state index in [1.165, 1.54) is 18.2 Å². The third-order valence-electron chi connectivity index (χ3n) is 4.48. The van der Waals surface area contributed by atoms with Gasteiger partial charge in [0.05, 0.1) is 0 Å². The lowest BCUT2D eigenvalue weighted by molar-refractivity contribution is -0.148. The molecule has 6 nitrogen and oxygen atoms in total. The minimum Gasteiger partial charge on any atom is -0.459 e. The van der Waals surface area contributed by atoms with Gasteiger partial charge in [0.2, 0.25) is 0 Å². The number of amides is 3. The zero-order valence-electron chi connectivity index (χ0n) is 15.0. The van der Waals surface area contributed by atoms with E-state index in [1.807, 2.05) is 19.1 Å². The summed E-state index contributed by atoms with van der Waals surface area (Å²) in [5.74, 6) is -1.72. The van der Waals surface area contributed by atoms with Gasteiger partial charge in [-0.2, -0.15) is 0 Å². The molecule has 0 aromatic heterocycles. The molecule has 0 aliphatic carbocycles. The lowest BCUT2D eigenvalue weighted by atomic mass is 9.91. The van der Waals surface area contributed by atoms with Gasteiger partial charge in [-0.25, -0.2) is 9.18 Å². The van der Waals surface area contributed by atoms with Crippen molar-refractivity contribution < 1.29 is 23.5 Å². The van der Waals surface area contributed by atoms with E-state index in [0.29, 0.717) is 11.1 Å². The Morgan fingerprint density at radius 3 is 2.56 bits per heavy atom. The predicted molar refractivity (Wildman–Crippen MR) is 95.0 cm³/mol. The van der Waals surface area contributed by atoms with Crippen molar-refractivity contribution in [1.82, 2.24) is 10.2 Å². The highest BCUT2D eigenvalue weighted by Crippen LogP contribution is 2.28. The van der Waals surface area contributed by atoms with Crippen LogP contribution in [0.15, 0.2) is 48.5 Å². The molecule has 1 aliphatic rings. The van der Waals surface area contributed by atoms with Crippen LogP contribution in [0.5, 0.6) is 0 Å². The van der Waals surface area contributed by atoms with Crippen molar-refractivity contribution in [2.75, 3.05) is 6.54 Å². The van der Waals surface area contributed by atoms with E-state index in [-0.39, 0.29) is 6.61 Å². The summed E-state index contributed by atoms with van der Waals surface area (Å²) in [6.07, 6.45) is 0. The summed E-state index contributed by atoms with van der Waals surface area (Å²) in [5.41, 5.74) is 0.886. The number of aryl methyl sites for hydroxylation is 1. The van der Waals surface area contributed by atoms with E-state index in [1.54, 1.807) is 25.1 Å². The first-order valence-electron chi connectivity index (χ1n) is 8.41. The van der Waals surface area contributed by atoms with Crippen LogP contribution in [0.4, 0.5) is 9.18 Å². The molecule has 1 aliphatic heterocycles. The number of hydrogen-bond acceptors (Lipinski definition) is 4. The number of ether oxygens (including phenoxy) is 1. The number of nitrogens with one attached hydrogen (secondary N) is 1. The number of urea groups is 1. The number of benzene rings is 2. The Hall–Kier alpha value is -3.22. The number of carbonyl (C=O) groups is 3. The number of imide groups is 1. The van der Waals surface area contributed by atoms with Crippen LogP contribution in [0.25, 0.3) is 0 Å². The van der Waals surface area contributed by atoms with Gasteiger partial charge in [-0.3, -0.25) is 14.5 Å². The van der Waals surface area contributed by atoms with Crippen molar-refractivity contribution in [1.29, 1.82) is 0 Å². The topological polar surface area (TPSA) is 75.7 Å². The first-order chi connectivity index (χ1) is 12.8. The van der Waals surface area contributed by atoms with Crippen LogP contribution < -0.4 is 5.32 Å². The predicted octanol–water partition coefficient (Wildman–Crippen LogP) is 2.64. The molecule has 7 heteroatoms. The highest BCUT2D eigenvalue weighted by atomic mass is 19.1.